The smallest absolute Gasteiger partial charge is 0.251 e. The summed E-state index contributed by atoms with van der Waals surface area (Å²) >= 11 is 3.32. The van der Waals surface area contributed by atoms with Crippen molar-refractivity contribution in [2.45, 2.75) is 18.9 Å². The molecule has 2 amide bonds. The number of halogens is 1. The van der Waals surface area contributed by atoms with Crippen molar-refractivity contribution in [1.29, 1.82) is 0 Å². The fraction of sp³-hybridized carbons (Fsp3) is 0.429. The van der Waals surface area contributed by atoms with Crippen molar-refractivity contribution < 1.29 is 9.59 Å². The summed E-state index contributed by atoms with van der Waals surface area (Å²) in [7, 11) is 0. The van der Waals surface area contributed by atoms with E-state index in [1.165, 1.54) is 0 Å². The van der Waals surface area contributed by atoms with Gasteiger partial charge in [0.2, 0.25) is 5.91 Å². The molecule has 0 spiro atoms. The van der Waals surface area contributed by atoms with E-state index < -0.39 is 0 Å². The van der Waals surface area contributed by atoms with E-state index in [2.05, 4.69) is 31.9 Å². The first-order valence-electron chi connectivity index (χ1n) is 6.69. The van der Waals surface area contributed by atoms with Crippen LogP contribution >= 0.6 is 15.9 Å². The quantitative estimate of drug-likeness (QED) is 0.750. The number of hydrogen-bond donors (Lipinski definition) is 3. The molecule has 1 aromatic carbocycles. The summed E-state index contributed by atoms with van der Waals surface area (Å²) < 4.78 is 0.929. The molecular weight excluding hydrogens is 322 g/mol. The summed E-state index contributed by atoms with van der Waals surface area (Å²) in [6.07, 6.45) is 1.27. The molecule has 1 saturated heterocycles. The number of rotatable bonds is 5. The molecule has 0 radical (unpaired) electrons. The topological polar surface area (TPSA) is 70.2 Å². The Morgan fingerprint density at radius 2 is 2.05 bits per heavy atom. The summed E-state index contributed by atoms with van der Waals surface area (Å²) in [5.41, 5.74) is 0.591. The van der Waals surface area contributed by atoms with Gasteiger partial charge in [-0.15, -0.1) is 0 Å². The van der Waals surface area contributed by atoms with Gasteiger partial charge in [-0.2, -0.15) is 0 Å². The van der Waals surface area contributed by atoms with Gasteiger partial charge in [0, 0.05) is 35.6 Å². The lowest BCUT2D eigenvalue weighted by molar-refractivity contribution is -0.121. The van der Waals surface area contributed by atoms with Crippen LogP contribution in [0.5, 0.6) is 0 Å². The Bertz CT molecular complexity index is 470. The number of hydrogen-bond acceptors (Lipinski definition) is 3. The van der Waals surface area contributed by atoms with Crippen molar-refractivity contribution in [3.63, 3.8) is 0 Å². The van der Waals surface area contributed by atoms with E-state index in [1.807, 2.05) is 12.1 Å². The fourth-order valence-corrected chi connectivity index (χ4v) is 2.33. The highest BCUT2D eigenvalue weighted by molar-refractivity contribution is 9.10. The lowest BCUT2D eigenvalue weighted by atomic mass is 10.2. The van der Waals surface area contributed by atoms with Crippen LogP contribution in [0.15, 0.2) is 28.7 Å². The predicted octanol–water partition coefficient (Wildman–Crippen LogP) is 1.05. The highest BCUT2D eigenvalue weighted by atomic mass is 79.9. The van der Waals surface area contributed by atoms with Gasteiger partial charge in [0.1, 0.15) is 0 Å². The summed E-state index contributed by atoms with van der Waals surface area (Å²) in [6, 6.07) is 7.33. The molecule has 0 saturated carbocycles. The minimum absolute atomic E-state index is 0.0187. The first-order valence-corrected chi connectivity index (χ1v) is 7.48. The second kappa shape index (κ2) is 7.40. The SMILES string of the molecule is O=C(CCNC(=O)c1ccc(Br)cc1)NC1CCNC1. The van der Waals surface area contributed by atoms with Crippen LogP contribution in [0.1, 0.15) is 23.2 Å². The fourth-order valence-electron chi connectivity index (χ4n) is 2.07. The van der Waals surface area contributed by atoms with Gasteiger partial charge in [-0.25, -0.2) is 0 Å². The number of nitrogens with one attached hydrogen (secondary N) is 3. The Kier molecular flexibility index (Phi) is 5.55. The molecule has 1 fully saturated rings. The molecule has 1 heterocycles. The van der Waals surface area contributed by atoms with Crippen LogP contribution in [-0.4, -0.2) is 37.5 Å². The maximum atomic E-state index is 11.8. The standard InChI is InChI=1S/C14H18BrN3O2/c15-11-3-1-10(2-4-11)14(20)17-8-6-13(19)18-12-5-7-16-9-12/h1-4,12,16H,5-9H2,(H,17,20)(H,18,19). The maximum Gasteiger partial charge on any atom is 0.251 e. The van der Waals surface area contributed by atoms with Crippen molar-refractivity contribution >= 4 is 27.7 Å². The molecule has 1 aliphatic rings. The average molecular weight is 340 g/mol. The minimum Gasteiger partial charge on any atom is -0.352 e. The van der Waals surface area contributed by atoms with Gasteiger partial charge in [0.05, 0.1) is 0 Å². The van der Waals surface area contributed by atoms with Crippen molar-refractivity contribution in [2.75, 3.05) is 19.6 Å². The van der Waals surface area contributed by atoms with Gasteiger partial charge in [-0.3, -0.25) is 9.59 Å². The molecule has 1 atom stereocenters. The van der Waals surface area contributed by atoms with Crippen LogP contribution in [0.4, 0.5) is 0 Å². The van der Waals surface area contributed by atoms with Gasteiger partial charge < -0.3 is 16.0 Å². The Hall–Kier alpha value is -1.40. The highest BCUT2D eigenvalue weighted by Crippen LogP contribution is 2.10. The molecule has 1 unspecified atom stereocenters. The zero-order valence-corrected chi connectivity index (χ0v) is 12.7. The van der Waals surface area contributed by atoms with E-state index in [-0.39, 0.29) is 17.9 Å². The molecule has 0 bridgehead atoms. The third-order valence-corrected chi connectivity index (χ3v) is 3.70. The van der Waals surface area contributed by atoms with Crippen LogP contribution in [-0.2, 0) is 4.79 Å². The van der Waals surface area contributed by atoms with Crippen molar-refractivity contribution in [3.8, 4) is 0 Å². The van der Waals surface area contributed by atoms with Crippen LogP contribution in [0, 0.1) is 0 Å². The number of benzene rings is 1. The Labute approximate surface area is 126 Å². The van der Waals surface area contributed by atoms with E-state index in [0.29, 0.717) is 18.5 Å². The second-order valence-electron chi connectivity index (χ2n) is 4.77. The molecule has 3 N–H and O–H groups in total. The van der Waals surface area contributed by atoms with Crippen LogP contribution < -0.4 is 16.0 Å². The third-order valence-electron chi connectivity index (χ3n) is 3.17. The molecule has 6 heteroatoms. The zero-order valence-electron chi connectivity index (χ0n) is 11.1. The van der Waals surface area contributed by atoms with Crippen LogP contribution in [0.3, 0.4) is 0 Å². The molecule has 1 aliphatic heterocycles. The van der Waals surface area contributed by atoms with Gasteiger partial charge in [0.25, 0.3) is 5.91 Å². The summed E-state index contributed by atoms with van der Waals surface area (Å²) in [4.78, 5) is 23.5. The van der Waals surface area contributed by atoms with Crippen molar-refractivity contribution in [3.05, 3.63) is 34.3 Å². The van der Waals surface area contributed by atoms with Gasteiger partial charge >= 0.3 is 0 Å². The molecule has 108 valence electrons. The summed E-state index contributed by atoms with van der Waals surface area (Å²) in [5.74, 6) is -0.178. The monoisotopic (exact) mass is 339 g/mol. The lowest BCUT2D eigenvalue weighted by Gasteiger charge is -2.11. The molecule has 1 aromatic rings. The van der Waals surface area contributed by atoms with Gasteiger partial charge in [-0.1, -0.05) is 15.9 Å². The van der Waals surface area contributed by atoms with E-state index >= 15 is 0 Å². The summed E-state index contributed by atoms with van der Waals surface area (Å²) in [5, 5.41) is 8.87. The Morgan fingerprint density at radius 3 is 2.70 bits per heavy atom. The van der Waals surface area contributed by atoms with Crippen molar-refractivity contribution in [1.82, 2.24) is 16.0 Å². The first-order chi connectivity index (χ1) is 9.65. The predicted molar refractivity (Wildman–Crippen MR) is 80.5 cm³/mol. The Balaban J connectivity index is 1.68. The largest absolute Gasteiger partial charge is 0.352 e. The molecule has 0 aliphatic carbocycles. The maximum absolute atomic E-state index is 11.8. The van der Waals surface area contributed by atoms with Gasteiger partial charge in [0.15, 0.2) is 0 Å². The van der Waals surface area contributed by atoms with E-state index in [1.54, 1.807) is 12.1 Å². The van der Waals surface area contributed by atoms with Gasteiger partial charge in [-0.05, 0) is 37.2 Å². The lowest BCUT2D eigenvalue weighted by Crippen LogP contribution is -2.38. The molecule has 2 rings (SSSR count). The number of amides is 2. The van der Waals surface area contributed by atoms with E-state index in [0.717, 1.165) is 24.0 Å². The third kappa shape index (κ3) is 4.61. The number of carbonyl (C=O) groups is 2. The summed E-state index contributed by atoms with van der Waals surface area (Å²) in [6.45, 7) is 2.13. The average Bonchev–Trinajstić information content (AvgIpc) is 2.92. The first kappa shape index (κ1) is 15.0. The molecule has 20 heavy (non-hydrogen) atoms. The minimum atomic E-state index is -0.159. The Morgan fingerprint density at radius 1 is 1.30 bits per heavy atom. The van der Waals surface area contributed by atoms with Crippen LogP contribution in [0.2, 0.25) is 0 Å². The molecule has 5 nitrogen and oxygen atoms in total. The highest BCUT2D eigenvalue weighted by Gasteiger charge is 2.16. The van der Waals surface area contributed by atoms with Crippen molar-refractivity contribution in [2.24, 2.45) is 0 Å². The number of carbonyl (C=O) groups excluding carboxylic acids is 2. The van der Waals surface area contributed by atoms with E-state index in [9.17, 15) is 9.59 Å². The normalized spacial score (nSPS) is 17.8. The zero-order chi connectivity index (χ0) is 14.4. The molecular formula is C14H18BrN3O2. The second-order valence-corrected chi connectivity index (χ2v) is 5.69. The molecule has 0 aromatic heterocycles. The van der Waals surface area contributed by atoms with Crippen LogP contribution in [0.25, 0.3) is 0 Å². The van der Waals surface area contributed by atoms with E-state index in [4.69, 9.17) is 0 Å².